The molecule has 6 nitrogen and oxygen atoms in total. The van der Waals surface area contributed by atoms with Gasteiger partial charge in [-0.05, 0) is 36.4 Å². The topological polar surface area (TPSA) is 86.3 Å². The number of benzene rings is 2. The van der Waals surface area contributed by atoms with Gasteiger partial charge in [0, 0.05) is 39.6 Å². The Labute approximate surface area is 182 Å². The molecule has 0 aliphatic carbocycles. The molecule has 31 heavy (non-hydrogen) atoms. The molecule has 0 spiro atoms. The number of anilines is 1. The summed E-state index contributed by atoms with van der Waals surface area (Å²) in [5.41, 5.74) is 2.14. The average molecular weight is 430 g/mol. The molecule has 3 heterocycles. The standard InChI is InChI=1S/C24H16ClN3O3/c25-14-6-5-7-15(12-14)28-21(19-10-3-4-11-26-19)20(23(30)24(28)31)22(29)17-13-27-18-9-2-1-8-16(17)18/h1-13,21,27,29H/b22-20-. The third kappa shape index (κ3) is 3.08. The number of carbonyl (C=O) groups is 2. The Hall–Kier alpha value is -3.90. The van der Waals surface area contributed by atoms with Crippen LogP contribution in [0.15, 0.2) is 84.7 Å². The number of Topliss-reactive ketones (excluding diaryl/α,β-unsaturated/α-hetero) is 1. The highest BCUT2D eigenvalue weighted by Gasteiger charge is 2.47. The van der Waals surface area contributed by atoms with Gasteiger partial charge < -0.3 is 10.1 Å². The summed E-state index contributed by atoms with van der Waals surface area (Å²) in [6, 6.07) is 18.4. The second-order valence-electron chi connectivity index (χ2n) is 7.15. The fraction of sp³-hybridized carbons (Fsp3) is 0.0417. The molecule has 1 atom stereocenters. The van der Waals surface area contributed by atoms with Crippen LogP contribution in [0.4, 0.5) is 5.69 Å². The number of carbonyl (C=O) groups excluding carboxylic acids is 2. The van der Waals surface area contributed by atoms with E-state index in [-0.39, 0.29) is 11.3 Å². The maximum atomic E-state index is 13.2. The number of hydrogen-bond acceptors (Lipinski definition) is 4. The highest BCUT2D eigenvalue weighted by Crippen LogP contribution is 2.42. The molecule has 1 saturated heterocycles. The largest absolute Gasteiger partial charge is 0.507 e. The van der Waals surface area contributed by atoms with Crippen molar-refractivity contribution in [2.24, 2.45) is 0 Å². The van der Waals surface area contributed by atoms with Crippen molar-refractivity contribution < 1.29 is 14.7 Å². The average Bonchev–Trinajstić information content (AvgIpc) is 3.33. The molecule has 7 heteroatoms. The minimum Gasteiger partial charge on any atom is -0.507 e. The second kappa shape index (κ2) is 7.41. The molecule has 1 unspecified atom stereocenters. The summed E-state index contributed by atoms with van der Waals surface area (Å²) in [5.74, 6) is -1.78. The summed E-state index contributed by atoms with van der Waals surface area (Å²) >= 11 is 6.14. The first-order chi connectivity index (χ1) is 15.1. The van der Waals surface area contributed by atoms with Crippen molar-refractivity contribution in [3.05, 3.63) is 101 Å². The van der Waals surface area contributed by atoms with Crippen LogP contribution in [-0.4, -0.2) is 26.8 Å². The van der Waals surface area contributed by atoms with Crippen LogP contribution >= 0.6 is 11.6 Å². The lowest BCUT2D eigenvalue weighted by atomic mass is 9.98. The number of pyridine rings is 1. The van der Waals surface area contributed by atoms with Gasteiger partial charge in [0.05, 0.1) is 11.3 Å². The van der Waals surface area contributed by atoms with Gasteiger partial charge >= 0.3 is 0 Å². The number of fused-ring (bicyclic) bond motifs is 1. The van der Waals surface area contributed by atoms with Gasteiger partial charge in [0.2, 0.25) is 0 Å². The van der Waals surface area contributed by atoms with E-state index in [4.69, 9.17) is 11.6 Å². The number of hydrogen-bond donors (Lipinski definition) is 2. The molecule has 1 aliphatic heterocycles. The number of rotatable bonds is 3. The van der Waals surface area contributed by atoms with Crippen LogP contribution in [-0.2, 0) is 9.59 Å². The number of H-pyrrole nitrogens is 1. The molecule has 0 bridgehead atoms. The minimum atomic E-state index is -0.895. The summed E-state index contributed by atoms with van der Waals surface area (Å²) in [5, 5.41) is 12.4. The Morgan fingerprint density at radius 1 is 1.03 bits per heavy atom. The monoisotopic (exact) mass is 429 g/mol. The number of ketones is 1. The summed E-state index contributed by atoms with van der Waals surface area (Å²) in [4.78, 5) is 35.0. The fourth-order valence-electron chi connectivity index (χ4n) is 3.95. The molecule has 1 aliphatic rings. The number of nitrogens with one attached hydrogen (secondary N) is 1. The molecule has 152 valence electrons. The summed E-state index contributed by atoms with van der Waals surface area (Å²) in [6.07, 6.45) is 3.21. The van der Waals surface area contributed by atoms with E-state index in [1.807, 2.05) is 24.3 Å². The normalized spacial score (nSPS) is 18.1. The quantitative estimate of drug-likeness (QED) is 0.277. The summed E-state index contributed by atoms with van der Waals surface area (Å²) < 4.78 is 0. The third-order valence-electron chi connectivity index (χ3n) is 5.34. The van der Waals surface area contributed by atoms with Gasteiger partial charge in [-0.1, -0.05) is 41.9 Å². The van der Waals surface area contributed by atoms with Gasteiger partial charge in [0.1, 0.15) is 11.8 Å². The molecule has 5 rings (SSSR count). The summed E-state index contributed by atoms with van der Waals surface area (Å²) in [6.45, 7) is 0. The molecule has 1 fully saturated rings. The smallest absolute Gasteiger partial charge is 0.300 e. The number of nitrogens with zero attached hydrogens (tertiary/aromatic N) is 2. The van der Waals surface area contributed by atoms with Gasteiger partial charge in [0.25, 0.3) is 11.7 Å². The zero-order chi connectivity index (χ0) is 21.5. The minimum absolute atomic E-state index is 0.0200. The van der Waals surface area contributed by atoms with E-state index >= 15 is 0 Å². The number of aliphatic hydroxyl groups excluding tert-OH is 1. The Morgan fingerprint density at radius 2 is 1.84 bits per heavy atom. The highest BCUT2D eigenvalue weighted by atomic mass is 35.5. The van der Waals surface area contributed by atoms with Gasteiger partial charge in [0.15, 0.2) is 0 Å². The van der Waals surface area contributed by atoms with Crippen molar-refractivity contribution in [3.63, 3.8) is 0 Å². The van der Waals surface area contributed by atoms with Crippen LogP contribution < -0.4 is 4.90 Å². The van der Waals surface area contributed by atoms with E-state index in [1.54, 1.807) is 54.9 Å². The van der Waals surface area contributed by atoms with Gasteiger partial charge in [-0.15, -0.1) is 0 Å². The Balaban J connectivity index is 1.76. The van der Waals surface area contributed by atoms with Crippen LogP contribution in [0.2, 0.25) is 5.02 Å². The molecule has 2 aromatic carbocycles. The highest BCUT2D eigenvalue weighted by molar-refractivity contribution is 6.52. The van der Waals surface area contributed by atoms with Crippen LogP contribution in [0.5, 0.6) is 0 Å². The predicted molar refractivity (Wildman–Crippen MR) is 119 cm³/mol. The number of amides is 1. The molecular formula is C24H16ClN3O3. The van der Waals surface area contributed by atoms with E-state index in [0.29, 0.717) is 22.0 Å². The van der Waals surface area contributed by atoms with Gasteiger partial charge in [-0.2, -0.15) is 0 Å². The maximum absolute atomic E-state index is 13.2. The lowest BCUT2D eigenvalue weighted by molar-refractivity contribution is -0.132. The molecule has 2 N–H and O–H groups in total. The van der Waals surface area contributed by atoms with Crippen LogP contribution in [0.25, 0.3) is 16.7 Å². The number of aromatic nitrogens is 2. The van der Waals surface area contributed by atoms with E-state index in [1.165, 1.54) is 4.90 Å². The van der Waals surface area contributed by atoms with Crippen LogP contribution in [0.1, 0.15) is 17.3 Å². The van der Waals surface area contributed by atoms with Gasteiger partial charge in [-0.25, -0.2) is 0 Å². The molecule has 1 amide bonds. The first-order valence-corrected chi connectivity index (χ1v) is 9.98. The second-order valence-corrected chi connectivity index (χ2v) is 7.59. The van der Waals surface area contributed by atoms with E-state index in [0.717, 1.165) is 10.9 Å². The SMILES string of the molecule is O=C1C(=O)N(c2cccc(Cl)c2)C(c2ccccn2)/C1=C(/O)c1c[nH]c2ccccc12. The predicted octanol–water partition coefficient (Wildman–Crippen LogP) is 4.84. The zero-order valence-corrected chi connectivity index (χ0v) is 16.9. The van der Waals surface area contributed by atoms with Crippen molar-refractivity contribution in [3.8, 4) is 0 Å². The van der Waals surface area contributed by atoms with Gasteiger partial charge in [-0.3, -0.25) is 19.5 Å². The fourth-order valence-corrected chi connectivity index (χ4v) is 4.14. The van der Waals surface area contributed by atoms with Crippen LogP contribution in [0, 0.1) is 0 Å². The van der Waals surface area contributed by atoms with Crippen molar-refractivity contribution in [1.29, 1.82) is 0 Å². The lowest BCUT2D eigenvalue weighted by Gasteiger charge is -2.24. The molecule has 0 radical (unpaired) electrons. The molecule has 0 saturated carbocycles. The Bertz CT molecular complexity index is 1360. The number of para-hydroxylation sites is 1. The number of aromatic amines is 1. The van der Waals surface area contributed by atoms with Crippen molar-refractivity contribution >= 4 is 45.6 Å². The molecular weight excluding hydrogens is 414 g/mol. The first kappa shape index (κ1) is 19.1. The van der Waals surface area contributed by atoms with E-state index in [9.17, 15) is 14.7 Å². The molecule has 4 aromatic rings. The Morgan fingerprint density at radius 3 is 2.61 bits per heavy atom. The number of aliphatic hydroxyl groups is 1. The van der Waals surface area contributed by atoms with Crippen LogP contribution in [0.3, 0.4) is 0 Å². The van der Waals surface area contributed by atoms with Crippen molar-refractivity contribution in [1.82, 2.24) is 9.97 Å². The maximum Gasteiger partial charge on any atom is 0.300 e. The van der Waals surface area contributed by atoms with Crippen molar-refractivity contribution in [2.45, 2.75) is 6.04 Å². The van der Waals surface area contributed by atoms with E-state index in [2.05, 4.69) is 9.97 Å². The zero-order valence-electron chi connectivity index (χ0n) is 16.1. The third-order valence-corrected chi connectivity index (χ3v) is 5.58. The summed E-state index contributed by atoms with van der Waals surface area (Å²) in [7, 11) is 0. The molecule has 2 aromatic heterocycles. The lowest BCUT2D eigenvalue weighted by Crippen LogP contribution is -2.29. The number of halogens is 1. The van der Waals surface area contributed by atoms with E-state index < -0.39 is 17.7 Å². The van der Waals surface area contributed by atoms with Crippen molar-refractivity contribution in [2.75, 3.05) is 4.90 Å². The Kier molecular flexibility index (Phi) is 4.56. The first-order valence-electron chi connectivity index (χ1n) is 9.60.